The molecule has 1 aromatic carbocycles. The maximum Gasteiger partial charge on any atom is 0.254 e. The van der Waals surface area contributed by atoms with Crippen LogP contribution in [0, 0.1) is 0 Å². The molecule has 0 aliphatic carbocycles. The summed E-state index contributed by atoms with van der Waals surface area (Å²) >= 11 is 7.15. The van der Waals surface area contributed by atoms with E-state index in [-0.39, 0.29) is 37.2 Å². The van der Waals surface area contributed by atoms with Crippen molar-refractivity contribution in [2.75, 3.05) is 45.2 Å². The molecule has 0 atom stereocenters. The average molecular weight is 495 g/mol. The summed E-state index contributed by atoms with van der Waals surface area (Å²) in [6, 6.07) is 6.49. The predicted octanol–water partition coefficient (Wildman–Crippen LogP) is 3.71. The quantitative estimate of drug-likeness (QED) is 0.458. The lowest BCUT2D eigenvalue weighted by molar-refractivity contribution is -0.130. The highest BCUT2D eigenvalue weighted by atomic mass is 35.5. The van der Waals surface area contributed by atoms with Gasteiger partial charge in [0.2, 0.25) is 11.8 Å². The Morgan fingerprint density at radius 2 is 1.73 bits per heavy atom. The molecular formula is C23H31ClN4O4S. The topological polar surface area (TPSA) is 91.8 Å². The molecule has 2 aromatic rings. The molecule has 0 saturated heterocycles. The van der Waals surface area contributed by atoms with E-state index in [1.165, 1.54) is 23.3 Å². The fraction of sp³-hybridized carbons (Fsp3) is 0.478. The Morgan fingerprint density at radius 3 is 2.33 bits per heavy atom. The lowest BCUT2D eigenvalue weighted by Crippen LogP contribution is -2.40. The van der Waals surface area contributed by atoms with E-state index in [1.54, 1.807) is 29.6 Å². The van der Waals surface area contributed by atoms with Gasteiger partial charge in [-0.25, -0.2) is 4.98 Å². The third-order valence-electron chi connectivity index (χ3n) is 4.75. The summed E-state index contributed by atoms with van der Waals surface area (Å²) in [4.78, 5) is 45.6. The van der Waals surface area contributed by atoms with Crippen LogP contribution in [0.4, 0.5) is 5.13 Å². The molecule has 0 aliphatic heterocycles. The summed E-state index contributed by atoms with van der Waals surface area (Å²) in [7, 11) is 1.53. The first-order chi connectivity index (χ1) is 15.9. The van der Waals surface area contributed by atoms with Gasteiger partial charge in [-0.15, -0.1) is 11.3 Å². The first-order valence-electron chi connectivity index (χ1n) is 10.9. The number of rotatable bonds is 13. The number of nitrogens with zero attached hydrogens (tertiary/aromatic N) is 3. The third kappa shape index (κ3) is 8.75. The highest BCUT2D eigenvalue weighted by Gasteiger charge is 2.20. The van der Waals surface area contributed by atoms with E-state index in [9.17, 15) is 14.4 Å². The van der Waals surface area contributed by atoms with Crippen LogP contribution in [0.5, 0.6) is 0 Å². The molecule has 2 rings (SSSR count). The zero-order valence-corrected chi connectivity index (χ0v) is 20.9. The largest absolute Gasteiger partial charge is 0.383 e. The molecule has 180 valence electrons. The first-order valence-corrected chi connectivity index (χ1v) is 12.2. The number of carbonyl (C=O) groups is 3. The lowest BCUT2D eigenvalue weighted by Gasteiger charge is -2.21. The summed E-state index contributed by atoms with van der Waals surface area (Å²) in [5, 5.41) is 5.41. The van der Waals surface area contributed by atoms with Crippen molar-refractivity contribution in [3.63, 3.8) is 0 Å². The van der Waals surface area contributed by atoms with E-state index in [1.807, 2.05) is 18.7 Å². The number of thiazole rings is 1. The second-order valence-electron chi connectivity index (χ2n) is 7.48. The Hall–Kier alpha value is -2.49. The van der Waals surface area contributed by atoms with Crippen molar-refractivity contribution >= 4 is 45.8 Å². The minimum atomic E-state index is -0.376. The maximum absolute atomic E-state index is 12.8. The van der Waals surface area contributed by atoms with Crippen LogP contribution < -0.4 is 5.32 Å². The van der Waals surface area contributed by atoms with Crippen molar-refractivity contribution in [3.05, 3.63) is 45.9 Å². The van der Waals surface area contributed by atoms with Crippen molar-refractivity contribution in [1.29, 1.82) is 0 Å². The van der Waals surface area contributed by atoms with Gasteiger partial charge in [0.15, 0.2) is 5.13 Å². The van der Waals surface area contributed by atoms with Crippen molar-refractivity contribution < 1.29 is 19.1 Å². The third-order valence-corrected chi connectivity index (χ3v) is 5.81. The molecule has 1 N–H and O–H groups in total. The maximum atomic E-state index is 12.8. The predicted molar refractivity (Wildman–Crippen MR) is 131 cm³/mol. The number of carbonyl (C=O) groups excluding carboxylic acids is 3. The van der Waals surface area contributed by atoms with Crippen LogP contribution in [-0.4, -0.2) is 72.4 Å². The standard InChI is InChI=1S/C23H31ClN4O4S/c1-4-10-27(11-5-2)21(30)14-19-16-33-23(25-19)26-20(29)15-28(12-13-32-3)22(31)17-6-8-18(24)9-7-17/h6-9,16H,4-5,10-15H2,1-3H3,(H,25,26,29). The summed E-state index contributed by atoms with van der Waals surface area (Å²) in [5.74, 6) is -0.642. The van der Waals surface area contributed by atoms with Gasteiger partial charge >= 0.3 is 0 Å². The molecule has 0 aliphatic rings. The van der Waals surface area contributed by atoms with E-state index in [0.717, 1.165) is 25.9 Å². The fourth-order valence-electron chi connectivity index (χ4n) is 3.17. The molecule has 0 saturated carbocycles. The van der Waals surface area contributed by atoms with Crippen molar-refractivity contribution in [3.8, 4) is 0 Å². The summed E-state index contributed by atoms with van der Waals surface area (Å²) in [6.45, 7) is 5.92. The number of anilines is 1. The molecule has 1 heterocycles. The minimum absolute atomic E-state index is 0.0289. The number of nitrogens with one attached hydrogen (secondary N) is 1. The van der Waals surface area contributed by atoms with Gasteiger partial charge in [-0.3, -0.25) is 14.4 Å². The van der Waals surface area contributed by atoms with Gasteiger partial charge in [0.05, 0.1) is 18.7 Å². The first kappa shape index (κ1) is 26.8. The molecule has 0 fully saturated rings. The molecule has 0 bridgehead atoms. The second kappa shape index (κ2) is 13.9. The summed E-state index contributed by atoms with van der Waals surface area (Å²) in [5.41, 5.74) is 1.05. The number of aromatic nitrogens is 1. The number of hydrogen-bond donors (Lipinski definition) is 1. The van der Waals surface area contributed by atoms with E-state index >= 15 is 0 Å². The van der Waals surface area contributed by atoms with Gasteiger partial charge in [0, 0.05) is 42.7 Å². The second-order valence-corrected chi connectivity index (χ2v) is 8.77. The van der Waals surface area contributed by atoms with Gasteiger partial charge in [-0.2, -0.15) is 0 Å². The molecule has 0 unspecified atom stereocenters. The normalized spacial score (nSPS) is 10.7. The van der Waals surface area contributed by atoms with Gasteiger partial charge in [0.25, 0.3) is 5.91 Å². The zero-order valence-electron chi connectivity index (χ0n) is 19.3. The van der Waals surface area contributed by atoms with Gasteiger partial charge in [0.1, 0.15) is 6.54 Å². The molecular weight excluding hydrogens is 464 g/mol. The monoisotopic (exact) mass is 494 g/mol. The highest BCUT2D eigenvalue weighted by Crippen LogP contribution is 2.17. The number of methoxy groups -OCH3 is 1. The Labute approximate surface area is 203 Å². The van der Waals surface area contributed by atoms with Crippen LogP contribution >= 0.6 is 22.9 Å². The van der Waals surface area contributed by atoms with E-state index < -0.39 is 0 Å². The average Bonchev–Trinajstić information content (AvgIpc) is 3.22. The molecule has 1 aromatic heterocycles. The van der Waals surface area contributed by atoms with Crippen LogP contribution in [0.2, 0.25) is 5.02 Å². The van der Waals surface area contributed by atoms with E-state index in [2.05, 4.69) is 10.3 Å². The number of halogens is 1. The SMILES string of the molecule is CCCN(CCC)C(=O)Cc1csc(NC(=O)CN(CCOC)C(=O)c2ccc(Cl)cc2)n1. The van der Waals surface area contributed by atoms with Crippen molar-refractivity contribution in [1.82, 2.24) is 14.8 Å². The van der Waals surface area contributed by atoms with Gasteiger partial charge in [-0.1, -0.05) is 25.4 Å². The number of benzene rings is 1. The number of ether oxygens (including phenoxy) is 1. The minimum Gasteiger partial charge on any atom is -0.383 e. The lowest BCUT2D eigenvalue weighted by atomic mass is 10.2. The zero-order chi connectivity index (χ0) is 24.2. The number of amides is 3. The molecule has 0 radical (unpaired) electrons. The van der Waals surface area contributed by atoms with Crippen molar-refractivity contribution in [2.45, 2.75) is 33.1 Å². The highest BCUT2D eigenvalue weighted by molar-refractivity contribution is 7.13. The van der Waals surface area contributed by atoms with Crippen LogP contribution in [0.3, 0.4) is 0 Å². The van der Waals surface area contributed by atoms with Crippen LogP contribution in [-0.2, 0) is 20.7 Å². The van der Waals surface area contributed by atoms with Crippen LogP contribution in [0.25, 0.3) is 0 Å². The summed E-state index contributed by atoms with van der Waals surface area (Å²) in [6.07, 6.45) is 2.00. The molecule has 8 nitrogen and oxygen atoms in total. The van der Waals surface area contributed by atoms with Crippen molar-refractivity contribution in [2.24, 2.45) is 0 Å². The molecule has 0 spiro atoms. The Morgan fingerprint density at radius 1 is 1.06 bits per heavy atom. The number of hydrogen-bond acceptors (Lipinski definition) is 6. The van der Waals surface area contributed by atoms with E-state index in [4.69, 9.17) is 16.3 Å². The van der Waals surface area contributed by atoms with Crippen LogP contribution in [0.15, 0.2) is 29.6 Å². The van der Waals surface area contributed by atoms with Gasteiger partial charge in [-0.05, 0) is 37.1 Å². The van der Waals surface area contributed by atoms with Crippen LogP contribution in [0.1, 0.15) is 42.7 Å². The smallest absolute Gasteiger partial charge is 0.254 e. The molecule has 33 heavy (non-hydrogen) atoms. The Kier molecular flexibility index (Phi) is 11.3. The van der Waals surface area contributed by atoms with E-state index in [0.29, 0.717) is 28.0 Å². The fourth-order valence-corrected chi connectivity index (χ4v) is 4.03. The van der Waals surface area contributed by atoms with Gasteiger partial charge < -0.3 is 19.9 Å². The summed E-state index contributed by atoms with van der Waals surface area (Å²) < 4.78 is 5.08. The Balaban J connectivity index is 1.98. The molecule has 3 amide bonds. The molecule has 10 heteroatoms. The Bertz CT molecular complexity index is 913.